The molecule has 1 aliphatic rings. The number of aliphatic hydroxyl groups is 1. The monoisotopic (exact) mass is 435 g/mol. The SMILES string of the molecule is CCOc1cccc(/C(O)=C2/C(=O)C(=O)N(Cc3cccs3)C2c2cccc(O)c2)c1. The number of hydrogen-bond donors (Lipinski definition) is 2. The average molecular weight is 436 g/mol. The van der Waals surface area contributed by atoms with E-state index in [1.807, 2.05) is 24.4 Å². The molecule has 1 fully saturated rings. The van der Waals surface area contributed by atoms with Gasteiger partial charge in [0.15, 0.2) is 0 Å². The van der Waals surface area contributed by atoms with E-state index in [2.05, 4.69) is 0 Å². The Hall–Kier alpha value is -3.58. The Balaban J connectivity index is 1.86. The molecule has 2 heterocycles. The predicted octanol–water partition coefficient (Wildman–Crippen LogP) is 4.47. The summed E-state index contributed by atoms with van der Waals surface area (Å²) < 4.78 is 5.50. The molecule has 4 rings (SSSR count). The van der Waals surface area contributed by atoms with E-state index in [0.717, 1.165) is 4.88 Å². The number of nitrogens with zero attached hydrogens (tertiary/aromatic N) is 1. The number of carbonyl (C=O) groups excluding carboxylic acids is 2. The van der Waals surface area contributed by atoms with Gasteiger partial charge in [-0.25, -0.2) is 0 Å². The van der Waals surface area contributed by atoms with Gasteiger partial charge in [0.2, 0.25) is 0 Å². The summed E-state index contributed by atoms with van der Waals surface area (Å²) in [4.78, 5) is 28.3. The molecule has 0 bridgehead atoms. The maximum Gasteiger partial charge on any atom is 0.295 e. The minimum atomic E-state index is -0.829. The molecule has 3 aromatic rings. The molecule has 2 aromatic carbocycles. The van der Waals surface area contributed by atoms with E-state index < -0.39 is 17.7 Å². The van der Waals surface area contributed by atoms with Crippen LogP contribution < -0.4 is 4.74 Å². The van der Waals surface area contributed by atoms with E-state index in [1.165, 1.54) is 28.4 Å². The number of thiophene rings is 1. The standard InChI is InChI=1S/C24H21NO5S/c1-2-30-18-9-4-7-16(13-18)22(27)20-21(15-6-3-8-17(26)12-15)25(24(29)23(20)28)14-19-10-5-11-31-19/h3-13,21,26-27H,2,14H2,1H3/b22-20-. The molecule has 1 atom stereocenters. The molecule has 0 radical (unpaired) electrons. The van der Waals surface area contributed by atoms with Gasteiger partial charge in [0.1, 0.15) is 17.3 Å². The highest BCUT2D eigenvalue weighted by Crippen LogP contribution is 2.41. The molecule has 0 spiro atoms. The van der Waals surface area contributed by atoms with Gasteiger partial charge in [-0.15, -0.1) is 11.3 Å². The minimum absolute atomic E-state index is 0.0116. The largest absolute Gasteiger partial charge is 0.508 e. The van der Waals surface area contributed by atoms with Gasteiger partial charge in [0, 0.05) is 10.4 Å². The minimum Gasteiger partial charge on any atom is -0.508 e. The van der Waals surface area contributed by atoms with E-state index in [0.29, 0.717) is 23.5 Å². The quantitative estimate of drug-likeness (QED) is 0.339. The molecule has 7 heteroatoms. The molecular weight excluding hydrogens is 414 g/mol. The highest BCUT2D eigenvalue weighted by molar-refractivity contribution is 7.09. The van der Waals surface area contributed by atoms with Crippen molar-refractivity contribution in [2.24, 2.45) is 0 Å². The van der Waals surface area contributed by atoms with Gasteiger partial charge in [-0.1, -0.05) is 30.3 Å². The number of phenols is 1. The number of likely N-dealkylation sites (tertiary alicyclic amines) is 1. The number of aliphatic hydroxyl groups excluding tert-OH is 1. The van der Waals surface area contributed by atoms with Crippen LogP contribution in [0.1, 0.15) is 29.0 Å². The van der Waals surface area contributed by atoms with Gasteiger partial charge in [0.25, 0.3) is 11.7 Å². The lowest BCUT2D eigenvalue weighted by Crippen LogP contribution is -2.28. The maximum absolute atomic E-state index is 13.0. The molecule has 0 saturated carbocycles. The summed E-state index contributed by atoms with van der Waals surface area (Å²) in [6.45, 7) is 2.53. The normalized spacial score (nSPS) is 17.8. The zero-order valence-corrected chi connectivity index (χ0v) is 17.6. The van der Waals surface area contributed by atoms with E-state index in [1.54, 1.807) is 36.4 Å². The first-order valence-electron chi connectivity index (χ1n) is 9.82. The van der Waals surface area contributed by atoms with Crippen molar-refractivity contribution in [3.8, 4) is 11.5 Å². The van der Waals surface area contributed by atoms with Crippen molar-refractivity contribution >= 4 is 28.8 Å². The van der Waals surface area contributed by atoms with Crippen LogP contribution >= 0.6 is 11.3 Å². The number of aromatic hydroxyl groups is 1. The van der Waals surface area contributed by atoms with Crippen LogP contribution in [-0.4, -0.2) is 33.4 Å². The fraction of sp³-hybridized carbons (Fsp3) is 0.167. The van der Waals surface area contributed by atoms with Crippen molar-refractivity contribution in [3.05, 3.63) is 87.6 Å². The van der Waals surface area contributed by atoms with E-state index in [9.17, 15) is 19.8 Å². The van der Waals surface area contributed by atoms with Gasteiger partial charge in [-0.2, -0.15) is 0 Å². The smallest absolute Gasteiger partial charge is 0.295 e. The van der Waals surface area contributed by atoms with Crippen LogP contribution in [0.15, 0.2) is 71.6 Å². The summed E-state index contributed by atoms with van der Waals surface area (Å²) in [6.07, 6.45) is 0. The predicted molar refractivity (Wildman–Crippen MR) is 118 cm³/mol. The molecule has 1 unspecified atom stereocenters. The van der Waals surface area contributed by atoms with Crippen LogP contribution in [-0.2, 0) is 16.1 Å². The first-order valence-corrected chi connectivity index (χ1v) is 10.7. The summed E-state index contributed by atoms with van der Waals surface area (Å²) in [5.41, 5.74) is 0.907. The Morgan fingerprint density at radius 2 is 1.90 bits per heavy atom. The fourth-order valence-corrected chi connectivity index (χ4v) is 4.41. The van der Waals surface area contributed by atoms with E-state index in [-0.39, 0.29) is 23.6 Å². The number of hydrogen-bond acceptors (Lipinski definition) is 6. The Morgan fingerprint density at radius 3 is 2.61 bits per heavy atom. The van der Waals surface area contributed by atoms with Crippen molar-refractivity contribution in [1.29, 1.82) is 0 Å². The number of benzene rings is 2. The van der Waals surface area contributed by atoms with Crippen molar-refractivity contribution in [2.75, 3.05) is 6.61 Å². The van der Waals surface area contributed by atoms with Crippen LogP contribution in [0.2, 0.25) is 0 Å². The molecular formula is C24H21NO5S. The fourth-order valence-electron chi connectivity index (χ4n) is 3.71. The topological polar surface area (TPSA) is 87.1 Å². The summed E-state index contributed by atoms with van der Waals surface area (Å²) in [7, 11) is 0. The van der Waals surface area contributed by atoms with Crippen LogP contribution in [0.25, 0.3) is 5.76 Å². The molecule has 1 amide bonds. The van der Waals surface area contributed by atoms with Gasteiger partial charge in [-0.3, -0.25) is 9.59 Å². The second kappa shape index (κ2) is 8.65. The molecule has 1 saturated heterocycles. The lowest BCUT2D eigenvalue weighted by atomic mass is 9.95. The number of amides is 1. The lowest BCUT2D eigenvalue weighted by molar-refractivity contribution is -0.140. The molecule has 1 aliphatic heterocycles. The number of phenolic OH excluding ortho intramolecular Hbond substituents is 1. The summed E-state index contributed by atoms with van der Waals surface area (Å²) in [5.74, 6) is -1.17. The van der Waals surface area contributed by atoms with Crippen LogP contribution in [0.3, 0.4) is 0 Å². The van der Waals surface area contributed by atoms with Crippen LogP contribution in [0.4, 0.5) is 0 Å². The molecule has 2 N–H and O–H groups in total. The highest BCUT2D eigenvalue weighted by atomic mass is 32.1. The van der Waals surface area contributed by atoms with Crippen molar-refractivity contribution in [3.63, 3.8) is 0 Å². The number of ether oxygens (including phenoxy) is 1. The summed E-state index contributed by atoms with van der Waals surface area (Å²) in [5, 5.41) is 23.0. The van der Waals surface area contributed by atoms with Crippen LogP contribution in [0, 0.1) is 0 Å². The van der Waals surface area contributed by atoms with Crippen LogP contribution in [0.5, 0.6) is 11.5 Å². The third kappa shape index (κ3) is 4.04. The van der Waals surface area contributed by atoms with Gasteiger partial charge in [-0.05, 0) is 48.2 Å². The Kier molecular flexibility index (Phi) is 5.77. The second-order valence-electron chi connectivity index (χ2n) is 7.06. The zero-order valence-electron chi connectivity index (χ0n) is 16.8. The zero-order chi connectivity index (χ0) is 22.0. The number of carbonyl (C=O) groups is 2. The average Bonchev–Trinajstić information content (AvgIpc) is 3.36. The Bertz CT molecular complexity index is 1150. The Morgan fingerprint density at radius 1 is 1.10 bits per heavy atom. The van der Waals surface area contributed by atoms with Gasteiger partial charge in [0.05, 0.1) is 24.8 Å². The second-order valence-corrected chi connectivity index (χ2v) is 8.09. The van der Waals surface area contributed by atoms with E-state index >= 15 is 0 Å². The van der Waals surface area contributed by atoms with Crippen molar-refractivity contribution < 1.29 is 24.5 Å². The maximum atomic E-state index is 13.0. The molecule has 0 aliphatic carbocycles. The van der Waals surface area contributed by atoms with E-state index in [4.69, 9.17) is 4.74 Å². The third-order valence-electron chi connectivity index (χ3n) is 5.05. The first kappa shape index (κ1) is 20.7. The first-order chi connectivity index (χ1) is 15.0. The van der Waals surface area contributed by atoms with Crippen molar-refractivity contribution in [1.82, 2.24) is 4.90 Å². The van der Waals surface area contributed by atoms with Gasteiger partial charge >= 0.3 is 0 Å². The summed E-state index contributed by atoms with van der Waals surface area (Å²) >= 11 is 1.48. The molecule has 6 nitrogen and oxygen atoms in total. The molecule has 158 valence electrons. The highest BCUT2D eigenvalue weighted by Gasteiger charge is 2.46. The molecule has 31 heavy (non-hydrogen) atoms. The van der Waals surface area contributed by atoms with Crippen molar-refractivity contribution in [2.45, 2.75) is 19.5 Å². The lowest BCUT2D eigenvalue weighted by Gasteiger charge is -2.25. The summed E-state index contributed by atoms with van der Waals surface area (Å²) in [6, 6.07) is 16.1. The third-order valence-corrected chi connectivity index (χ3v) is 5.91. The number of rotatable bonds is 6. The van der Waals surface area contributed by atoms with Gasteiger partial charge < -0.3 is 19.8 Å². The number of Topliss-reactive ketones (excluding diaryl/α,β-unsaturated/α-hetero) is 1. The number of ketones is 1. The molecule has 1 aromatic heterocycles. The Labute approximate surface area is 183 Å².